The van der Waals surface area contributed by atoms with Gasteiger partial charge in [-0.1, -0.05) is 6.07 Å². The molecule has 0 amide bonds. The molecule has 3 unspecified atom stereocenters. The highest BCUT2D eigenvalue weighted by molar-refractivity contribution is 5.80. The summed E-state index contributed by atoms with van der Waals surface area (Å²) in [4.78, 5) is 12.4. The summed E-state index contributed by atoms with van der Waals surface area (Å²) in [5.41, 5.74) is 1.26. The van der Waals surface area contributed by atoms with Gasteiger partial charge < -0.3 is 45.2 Å². The number of benzene rings is 3. The van der Waals surface area contributed by atoms with Crippen molar-refractivity contribution in [2.24, 2.45) is 0 Å². The molecule has 10 heteroatoms. The fourth-order valence-electron chi connectivity index (χ4n) is 4.51. The molecule has 0 aromatic heterocycles. The molecule has 3 aromatic carbocycles. The number of carbonyl (C=O) groups is 1. The second kappa shape index (κ2) is 7.63. The van der Waals surface area contributed by atoms with Crippen LogP contribution in [0.25, 0.3) is 0 Å². The first-order valence-electron chi connectivity index (χ1n) is 10.3. The normalized spacial score (nSPS) is 21.2. The third-order valence-electron chi connectivity index (χ3n) is 6.13. The number of ether oxygens (including phenoxy) is 2. The van der Waals surface area contributed by atoms with E-state index >= 15 is 0 Å². The van der Waals surface area contributed by atoms with Crippen LogP contribution in [0, 0.1) is 0 Å². The first kappa shape index (κ1) is 21.5. The second-order valence-electron chi connectivity index (χ2n) is 8.31. The van der Waals surface area contributed by atoms with Gasteiger partial charge in [0.25, 0.3) is 0 Å². The number of carbonyl (C=O) groups excluding carboxylic acids is 1. The zero-order valence-corrected chi connectivity index (χ0v) is 17.5. The number of phenolic OH excluding ortho intramolecular Hbond substituents is 6. The van der Waals surface area contributed by atoms with Crippen LogP contribution in [-0.4, -0.2) is 47.8 Å². The van der Waals surface area contributed by atoms with Crippen LogP contribution >= 0.6 is 0 Å². The molecule has 0 fully saturated rings. The molecule has 2 aliphatic rings. The van der Waals surface area contributed by atoms with Crippen molar-refractivity contribution < 1.29 is 50.0 Å². The summed E-state index contributed by atoms with van der Waals surface area (Å²) in [5.74, 6) is -3.97. The number of aromatic hydroxyl groups is 6. The molecule has 3 aromatic rings. The zero-order valence-electron chi connectivity index (χ0n) is 17.5. The lowest BCUT2D eigenvalue weighted by Gasteiger charge is -2.35. The van der Waals surface area contributed by atoms with Crippen LogP contribution in [-0.2, 0) is 11.2 Å². The molecule has 176 valence electrons. The van der Waals surface area contributed by atoms with E-state index in [2.05, 4.69) is 0 Å². The van der Waals surface area contributed by atoms with E-state index in [0.29, 0.717) is 11.1 Å². The number of aliphatic hydroxyl groups excluding tert-OH is 1. The molecule has 0 radical (unpaired) electrons. The maximum absolute atomic E-state index is 12.4. The molecule has 0 aliphatic carbocycles. The van der Waals surface area contributed by atoms with Gasteiger partial charge in [0, 0.05) is 35.1 Å². The van der Waals surface area contributed by atoms with Crippen LogP contribution in [0.15, 0.2) is 36.4 Å². The number of hydrogen-bond donors (Lipinski definition) is 7. The maximum Gasteiger partial charge on any atom is 0.312 e. The fraction of sp³-hybridized carbons (Fsp3) is 0.208. The molecular formula is C24H20O10. The average molecular weight is 468 g/mol. The van der Waals surface area contributed by atoms with Gasteiger partial charge in [-0.3, -0.25) is 4.79 Å². The van der Waals surface area contributed by atoms with Gasteiger partial charge in [0.05, 0.1) is 12.5 Å². The van der Waals surface area contributed by atoms with Gasteiger partial charge in [0.1, 0.15) is 17.2 Å². The van der Waals surface area contributed by atoms with Gasteiger partial charge in [-0.25, -0.2) is 0 Å². The fourth-order valence-corrected chi connectivity index (χ4v) is 4.51. The van der Waals surface area contributed by atoms with Crippen LogP contribution in [0.1, 0.15) is 40.7 Å². The first-order chi connectivity index (χ1) is 16.1. The standard InChI is InChI=1S/C24H20O10/c25-13-2-1-9(3-14(13)26)11-7-20(31)34-24-12-6-18(30)23(33-19(12)8-15(27)21(11)24)10-4-16(28)22(32)17(29)5-10/h1-5,8,11,18,23,25-30,32H,6-7H2. The van der Waals surface area contributed by atoms with Gasteiger partial charge in [0.2, 0.25) is 0 Å². The minimum Gasteiger partial charge on any atom is -0.507 e. The Morgan fingerprint density at radius 2 is 1.44 bits per heavy atom. The number of rotatable bonds is 2. The lowest BCUT2D eigenvalue weighted by molar-refractivity contribution is -0.135. The van der Waals surface area contributed by atoms with Crippen molar-refractivity contribution in [1.82, 2.24) is 0 Å². The highest BCUT2D eigenvalue weighted by Crippen LogP contribution is 2.52. The van der Waals surface area contributed by atoms with Gasteiger partial charge >= 0.3 is 5.97 Å². The van der Waals surface area contributed by atoms with Crippen molar-refractivity contribution in [3.8, 4) is 46.0 Å². The number of phenols is 6. The molecule has 2 heterocycles. The third-order valence-corrected chi connectivity index (χ3v) is 6.13. The van der Waals surface area contributed by atoms with Gasteiger partial charge in [-0.15, -0.1) is 0 Å². The third kappa shape index (κ3) is 3.35. The van der Waals surface area contributed by atoms with Crippen molar-refractivity contribution in [2.75, 3.05) is 0 Å². The largest absolute Gasteiger partial charge is 0.507 e. The summed E-state index contributed by atoms with van der Waals surface area (Å²) in [5, 5.41) is 70.4. The van der Waals surface area contributed by atoms with E-state index in [0.717, 1.165) is 12.1 Å². The molecule has 0 spiro atoms. The molecule has 3 atom stereocenters. The van der Waals surface area contributed by atoms with Crippen molar-refractivity contribution in [3.05, 3.63) is 58.7 Å². The Kier molecular flexibility index (Phi) is 4.83. The number of fused-ring (bicyclic) bond motifs is 3. The molecule has 7 N–H and O–H groups in total. The molecule has 34 heavy (non-hydrogen) atoms. The Morgan fingerprint density at radius 3 is 2.12 bits per heavy atom. The summed E-state index contributed by atoms with van der Waals surface area (Å²) >= 11 is 0. The summed E-state index contributed by atoms with van der Waals surface area (Å²) in [6.45, 7) is 0. The van der Waals surface area contributed by atoms with Crippen LogP contribution in [0.5, 0.6) is 46.0 Å². The smallest absolute Gasteiger partial charge is 0.312 e. The quantitative estimate of drug-likeness (QED) is 0.168. The summed E-state index contributed by atoms with van der Waals surface area (Å²) in [6.07, 6.45) is -2.43. The average Bonchev–Trinajstić information content (AvgIpc) is 2.78. The van der Waals surface area contributed by atoms with E-state index in [4.69, 9.17) is 9.47 Å². The lowest BCUT2D eigenvalue weighted by Crippen LogP contribution is -2.32. The Morgan fingerprint density at radius 1 is 0.765 bits per heavy atom. The van der Waals surface area contributed by atoms with E-state index in [1.54, 1.807) is 0 Å². The van der Waals surface area contributed by atoms with Crippen LogP contribution in [0.2, 0.25) is 0 Å². The first-order valence-corrected chi connectivity index (χ1v) is 10.3. The molecule has 10 nitrogen and oxygen atoms in total. The summed E-state index contributed by atoms with van der Waals surface area (Å²) < 4.78 is 11.3. The predicted molar refractivity (Wildman–Crippen MR) is 114 cm³/mol. The van der Waals surface area contributed by atoms with Crippen molar-refractivity contribution in [3.63, 3.8) is 0 Å². The van der Waals surface area contributed by atoms with Gasteiger partial charge in [-0.05, 0) is 29.8 Å². The van der Waals surface area contributed by atoms with E-state index in [1.807, 2.05) is 0 Å². The van der Waals surface area contributed by atoms with Gasteiger partial charge in [-0.2, -0.15) is 0 Å². The highest BCUT2D eigenvalue weighted by atomic mass is 16.5. The number of hydrogen-bond acceptors (Lipinski definition) is 10. The minimum atomic E-state index is -1.19. The van der Waals surface area contributed by atoms with Crippen molar-refractivity contribution in [1.29, 1.82) is 0 Å². The van der Waals surface area contributed by atoms with Crippen LogP contribution < -0.4 is 9.47 Å². The Bertz CT molecular complexity index is 1310. The van der Waals surface area contributed by atoms with Crippen molar-refractivity contribution >= 4 is 5.97 Å². The Hall–Kier alpha value is -4.31. The molecule has 0 saturated carbocycles. The van der Waals surface area contributed by atoms with E-state index in [1.165, 1.54) is 24.3 Å². The SMILES string of the molecule is O=C1CC(c2ccc(O)c(O)c2)c2c(O)cc3c(c2O1)CC(O)C(c1cc(O)c(O)c(O)c1)O3. The van der Waals surface area contributed by atoms with Crippen LogP contribution in [0.4, 0.5) is 0 Å². The van der Waals surface area contributed by atoms with E-state index in [9.17, 15) is 40.5 Å². The Labute approximate surface area is 192 Å². The monoisotopic (exact) mass is 468 g/mol. The maximum atomic E-state index is 12.4. The zero-order chi connectivity index (χ0) is 24.3. The number of esters is 1. The summed E-state index contributed by atoms with van der Waals surface area (Å²) in [7, 11) is 0. The summed E-state index contributed by atoms with van der Waals surface area (Å²) in [6, 6.07) is 7.69. The Balaban J connectivity index is 1.59. The predicted octanol–water partition coefficient (Wildman–Crippen LogP) is 2.40. The van der Waals surface area contributed by atoms with E-state index < -0.39 is 41.3 Å². The second-order valence-corrected chi connectivity index (χ2v) is 8.31. The van der Waals surface area contributed by atoms with Crippen molar-refractivity contribution in [2.45, 2.75) is 31.0 Å². The molecule has 0 bridgehead atoms. The van der Waals surface area contributed by atoms with Gasteiger partial charge in [0.15, 0.2) is 34.9 Å². The van der Waals surface area contributed by atoms with Crippen LogP contribution in [0.3, 0.4) is 0 Å². The topological polar surface area (TPSA) is 177 Å². The molecular weight excluding hydrogens is 448 g/mol. The molecule has 2 aliphatic heterocycles. The number of aliphatic hydroxyl groups is 1. The highest BCUT2D eigenvalue weighted by Gasteiger charge is 2.39. The van der Waals surface area contributed by atoms with E-state index in [-0.39, 0.29) is 52.7 Å². The molecule has 5 rings (SSSR count). The lowest BCUT2D eigenvalue weighted by atomic mass is 9.82. The molecule has 0 saturated heterocycles. The minimum absolute atomic E-state index is 0.0396.